The average Bonchev–Trinajstić information content (AvgIpc) is 2.92. The maximum atomic E-state index is 12.3. The molecular weight excluding hydrogens is 589 g/mol. The zero-order valence-electron chi connectivity index (χ0n) is 26.8. The van der Waals surface area contributed by atoms with Crippen molar-refractivity contribution in [3.8, 4) is 0 Å². The van der Waals surface area contributed by atoms with Crippen LogP contribution in [0.1, 0.15) is 52.4 Å². The average molecular weight is 642 g/mol. The molecule has 11 nitrogen and oxygen atoms in total. The second-order valence-electron chi connectivity index (χ2n) is 10.9. The highest BCUT2D eigenvalue weighted by Gasteiger charge is 2.21. The molecule has 0 fully saturated rings. The lowest BCUT2D eigenvalue weighted by Crippen LogP contribution is -2.37. The topological polar surface area (TPSA) is 152 Å². The Morgan fingerprint density at radius 1 is 0.909 bits per heavy atom. The van der Waals surface area contributed by atoms with Gasteiger partial charge in [-0.25, -0.2) is 0 Å². The maximum Gasteiger partial charge on any atom is 0.306 e. The molecule has 2 N–H and O–H groups in total. The van der Waals surface area contributed by atoms with Crippen molar-refractivity contribution in [1.29, 1.82) is 0 Å². The van der Waals surface area contributed by atoms with Crippen LogP contribution >= 0.6 is 7.82 Å². The molecule has 0 aliphatic rings. The maximum absolute atomic E-state index is 12.3. The molecular formula is C32H52NO10P. The highest BCUT2D eigenvalue weighted by atomic mass is 31.2. The third-order valence-electron chi connectivity index (χ3n) is 5.47. The highest BCUT2D eigenvalue weighted by molar-refractivity contribution is 7.45. The number of rotatable bonds is 24. The Hall–Kier alpha value is -2.63. The fraction of sp³-hybridized carbons (Fsp3) is 0.562. The molecule has 0 bridgehead atoms. The Balaban J connectivity index is 4.41. The number of allylic oxidation sites excluding steroid dienone is 8. The van der Waals surface area contributed by atoms with E-state index < -0.39 is 44.7 Å². The first-order valence-electron chi connectivity index (χ1n) is 14.8. The molecule has 0 amide bonds. The second-order valence-corrected chi connectivity index (χ2v) is 12.3. The number of carbonyl (C=O) groups is 2. The van der Waals surface area contributed by atoms with Crippen molar-refractivity contribution in [3.05, 3.63) is 72.9 Å². The van der Waals surface area contributed by atoms with Crippen LogP contribution in [0.5, 0.6) is 0 Å². The van der Waals surface area contributed by atoms with Crippen LogP contribution < -0.4 is 4.89 Å². The quantitative estimate of drug-likeness (QED) is 0.0394. The monoisotopic (exact) mass is 641 g/mol. The minimum absolute atomic E-state index is 0.0300. The largest absolute Gasteiger partial charge is 0.756 e. The lowest BCUT2D eigenvalue weighted by Gasteiger charge is -2.28. The van der Waals surface area contributed by atoms with Gasteiger partial charge >= 0.3 is 11.9 Å². The van der Waals surface area contributed by atoms with Crippen LogP contribution in [0, 0.1) is 0 Å². The molecule has 4 atom stereocenters. The molecule has 0 aliphatic carbocycles. The first-order valence-corrected chi connectivity index (χ1v) is 16.3. The molecule has 250 valence electrons. The summed E-state index contributed by atoms with van der Waals surface area (Å²) in [6, 6.07) is 0. The van der Waals surface area contributed by atoms with Crippen molar-refractivity contribution in [1.82, 2.24) is 0 Å². The first kappa shape index (κ1) is 41.4. The van der Waals surface area contributed by atoms with Gasteiger partial charge in [0.2, 0.25) is 0 Å². The summed E-state index contributed by atoms with van der Waals surface area (Å²) in [7, 11) is 1.01. The highest BCUT2D eigenvalue weighted by Crippen LogP contribution is 2.38. The van der Waals surface area contributed by atoms with Crippen LogP contribution in [-0.4, -0.2) is 92.5 Å². The summed E-state index contributed by atoms with van der Waals surface area (Å²) in [6.07, 6.45) is 22.6. The summed E-state index contributed by atoms with van der Waals surface area (Å²) in [5.74, 6) is -1.22. The molecule has 0 aromatic heterocycles. The van der Waals surface area contributed by atoms with Crippen LogP contribution in [0.15, 0.2) is 72.9 Å². The summed E-state index contributed by atoms with van der Waals surface area (Å²) >= 11 is 0. The van der Waals surface area contributed by atoms with E-state index in [2.05, 4.69) is 0 Å². The van der Waals surface area contributed by atoms with Gasteiger partial charge in [0.05, 0.1) is 40.0 Å². The number of hydrogen-bond acceptors (Lipinski definition) is 10. The Kier molecular flexibility index (Phi) is 23.2. The zero-order chi connectivity index (χ0) is 33.3. The van der Waals surface area contributed by atoms with Crippen LogP contribution in [0.3, 0.4) is 0 Å². The SMILES string of the molecule is CC/C=C\C[C@H](O)/C=C/C=C\C/C=C\C=C\[C@H](O)/C=C\CCCC(=O)O[C@H](COC(C)=O)COP(=O)([O-])OCC[N+](C)(C)C. The molecule has 0 aliphatic heterocycles. The van der Waals surface area contributed by atoms with Gasteiger partial charge in [0, 0.05) is 13.3 Å². The summed E-state index contributed by atoms with van der Waals surface area (Å²) in [6.45, 7) is 2.67. The minimum Gasteiger partial charge on any atom is -0.756 e. The Labute approximate surface area is 263 Å². The normalized spacial score (nSPS) is 16.5. The van der Waals surface area contributed by atoms with E-state index in [4.69, 9.17) is 18.5 Å². The number of aliphatic hydroxyl groups excluding tert-OH is 2. The smallest absolute Gasteiger partial charge is 0.306 e. The summed E-state index contributed by atoms with van der Waals surface area (Å²) in [4.78, 5) is 35.4. The van der Waals surface area contributed by atoms with Crippen LogP contribution in [0.25, 0.3) is 0 Å². The number of phosphoric ester groups is 1. The van der Waals surface area contributed by atoms with Crippen LogP contribution in [0.4, 0.5) is 0 Å². The summed E-state index contributed by atoms with van der Waals surface area (Å²) in [5, 5.41) is 19.8. The number of phosphoric acid groups is 1. The molecule has 1 unspecified atom stereocenters. The van der Waals surface area contributed by atoms with E-state index in [0.29, 0.717) is 36.7 Å². The number of likely N-dealkylation sites (N-methyl/N-ethyl adjacent to an activating group) is 1. The second kappa shape index (κ2) is 24.7. The van der Waals surface area contributed by atoms with Gasteiger partial charge in [0.1, 0.15) is 19.8 Å². The molecule has 44 heavy (non-hydrogen) atoms. The Morgan fingerprint density at radius 3 is 2.23 bits per heavy atom. The van der Waals surface area contributed by atoms with E-state index in [1.165, 1.54) is 6.92 Å². The van der Waals surface area contributed by atoms with Crippen molar-refractivity contribution in [3.63, 3.8) is 0 Å². The van der Waals surface area contributed by atoms with E-state index in [9.17, 15) is 29.3 Å². The van der Waals surface area contributed by atoms with Gasteiger partial charge in [-0.2, -0.15) is 0 Å². The van der Waals surface area contributed by atoms with Gasteiger partial charge in [-0.3, -0.25) is 14.2 Å². The van der Waals surface area contributed by atoms with Crippen LogP contribution in [0.2, 0.25) is 0 Å². The lowest BCUT2D eigenvalue weighted by molar-refractivity contribution is -0.870. The van der Waals surface area contributed by atoms with Crippen molar-refractivity contribution >= 4 is 19.8 Å². The van der Waals surface area contributed by atoms with Crippen molar-refractivity contribution in [2.45, 2.75) is 70.7 Å². The van der Waals surface area contributed by atoms with Gasteiger partial charge in [-0.05, 0) is 32.1 Å². The van der Waals surface area contributed by atoms with Gasteiger partial charge in [-0.15, -0.1) is 0 Å². The molecule has 0 aromatic carbocycles. The molecule has 0 heterocycles. The first-order chi connectivity index (χ1) is 20.7. The van der Waals surface area contributed by atoms with E-state index in [-0.39, 0.29) is 19.6 Å². The number of hydrogen-bond donors (Lipinski definition) is 2. The van der Waals surface area contributed by atoms with E-state index in [1.807, 2.05) is 70.6 Å². The number of quaternary nitrogens is 1. The third-order valence-corrected chi connectivity index (χ3v) is 6.44. The Bertz CT molecular complexity index is 1030. The zero-order valence-corrected chi connectivity index (χ0v) is 27.7. The number of carbonyl (C=O) groups excluding carboxylic acids is 2. The van der Waals surface area contributed by atoms with Gasteiger partial charge in [-0.1, -0.05) is 79.8 Å². The molecule has 12 heteroatoms. The molecule has 0 aromatic rings. The summed E-state index contributed by atoms with van der Waals surface area (Å²) < 4.78 is 32.3. The number of unbranched alkanes of at least 4 members (excludes halogenated alkanes) is 1. The molecule has 0 spiro atoms. The fourth-order valence-corrected chi connectivity index (χ4v) is 3.85. The number of esters is 2. The predicted octanol–water partition coefficient (Wildman–Crippen LogP) is 4.09. The number of ether oxygens (including phenoxy) is 2. The van der Waals surface area contributed by atoms with Gasteiger partial charge in [0.15, 0.2) is 6.10 Å². The number of nitrogens with zero attached hydrogens (tertiary/aromatic N) is 1. The molecule has 0 saturated heterocycles. The van der Waals surface area contributed by atoms with E-state index in [1.54, 1.807) is 30.4 Å². The van der Waals surface area contributed by atoms with Gasteiger partial charge < -0.3 is 38.1 Å². The molecule has 0 saturated carbocycles. The third kappa shape index (κ3) is 28.2. The predicted molar refractivity (Wildman–Crippen MR) is 169 cm³/mol. The molecule has 0 radical (unpaired) electrons. The van der Waals surface area contributed by atoms with Gasteiger partial charge in [0.25, 0.3) is 7.82 Å². The fourth-order valence-electron chi connectivity index (χ4n) is 3.12. The van der Waals surface area contributed by atoms with Crippen molar-refractivity contribution in [2.75, 3.05) is 47.5 Å². The lowest BCUT2D eigenvalue weighted by atomic mass is 10.2. The van der Waals surface area contributed by atoms with E-state index >= 15 is 0 Å². The van der Waals surface area contributed by atoms with Crippen molar-refractivity contribution < 1.29 is 52.3 Å². The van der Waals surface area contributed by atoms with Crippen molar-refractivity contribution in [2.24, 2.45) is 0 Å². The number of aliphatic hydroxyl groups is 2. The Morgan fingerprint density at radius 2 is 1.59 bits per heavy atom. The van der Waals surface area contributed by atoms with E-state index in [0.717, 1.165) is 6.42 Å². The minimum atomic E-state index is -4.64. The molecule has 0 rings (SSSR count). The standard InChI is InChI=1S/C32H52NO10P/c1-6-7-14-19-29(35)20-15-11-9-8-10-12-16-21-30(36)22-17-13-18-23-32(37)43-31(26-40-28(2)34)27-42-44(38,39)41-25-24-33(3,4)5/h7,9-12,14-17,20-22,29-31,35-36H,6,8,13,18-19,23-27H2,1-5H3/b11-9-,12-10-,14-7-,20-15+,21-16+,22-17-/t29-,30-,31+/m0/s1. The van der Waals surface area contributed by atoms with Crippen LogP contribution in [-0.2, 0) is 32.7 Å². The summed E-state index contributed by atoms with van der Waals surface area (Å²) in [5.41, 5.74) is 0.